The number of thioether (sulfide) groups is 1. The standard InChI is InChI=1S/C34H34N4O3S2/c1-5-41-26-16-14-25(15-17-26)36-34-37-31(39)29(43-34)19-23-18-21(3)38(22(23)4)33-30(27-8-6-7-9-28(27)42-33)32(40)35-24-12-10-20(2)11-13-24/h10-19H,5-9H2,1-4H3,(H,35,40)(H,36,37,39)/b29-19-. The fourth-order valence-electron chi connectivity index (χ4n) is 5.54. The highest BCUT2D eigenvalue weighted by Gasteiger charge is 2.29. The summed E-state index contributed by atoms with van der Waals surface area (Å²) < 4.78 is 7.68. The lowest BCUT2D eigenvalue weighted by Gasteiger charge is -2.14. The topological polar surface area (TPSA) is 84.7 Å². The molecule has 4 aromatic rings. The summed E-state index contributed by atoms with van der Waals surface area (Å²) in [6, 6.07) is 17.5. The monoisotopic (exact) mass is 610 g/mol. The smallest absolute Gasteiger partial charge is 0.264 e. The minimum absolute atomic E-state index is 0.0773. The van der Waals surface area contributed by atoms with Crippen LogP contribution in [0.5, 0.6) is 5.75 Å². The molecule has 2 aromatic heterocycles. The van der Waals surface area contributed by atoms with Crippen LogP contribution in [-0.2, 0) is 17.6 Å². The van der Waals surface area contributed by atoms with Gasteiger partial charge in [0.25, 0.3) is 11.8 Å². The summed E-state index contributed by atoms with van der Waals surface area (Å²) in [5.41, 5.74) is 7.55. The first kappa shape index (κ1) is 29.0. The average Bonchev–Trinajstić information content (AvgIpc) is 3.63. The summed E-state index contributed by atoms with van der Waals surface area (Å²) in [4.78, 5) is 33.2. The van der Waals surface area contributed by atoms with E-state index in [1.807, 2.05) is 75.4 Å². The second kappa shape index (κ2) is 12.3. The average molecular weight is 611 g/mol. The van der Waals surface area contributed by atoms with Gasteiger partial charge < -0.3 is 19.9 Å². The van der Waals surface area contributed by atoms with Gasteiger partial charge in [-0.25, -0.2) is 4.99 Å². The quantitative estimate of drug-likeness (QED) is 0.209. The third-order valence-corrected chi connectivity index (χ3v) is 9.87. The molecule has 2 aromatic carbocycles. The normalized spacial score (nSPS) is 16.4. The molecule has 0 unspecified atom stereocenters. The number of aryl methyl sites for hydroxylation is 3. The van der Waals surface area contributed by atoms with E-state index in [0.29, 0.717) is 16.7 Å². The lowest BCUT2D eigenvalue weighted by Crippen LogP contribution is -2.19. The van der Waals surface area contributed by atoms with E-state index < -0.39 is 0 Å². The number of thiophene rings is 1. The second-order valence-corrected chi connectivity index (χ2v) is 12.9. The van der Waals surface area contributed by atoms with Crippen LogP contribution in [0.1, 0.15) is 63.1 Å². The molecule has 1 fully saturated rings. The van der Waals surface area contributed by atoms with E-state index in [4.69, 9.17) is 4.74 Å². The number of nitrogens with zero attached hydrogens (tertiary/aromatic N) is 2. The summed E-state index contributed by atoms with van der Waals surface area (Å²) in [5, 5.41) is 7.51. The van der Waals surface area contributed by atoms with Gasteiger partial charge in [0.1, 0.15) is 10.8 Å². The Morgan fingerprint density at radius 2 is 1.81 bits per heavy atom. The molecule has 2 amide bonds. The van der Waals surface area contributed by atoms with Crippen LogP contribution in [0, 0.1) is 20.8 Å². The van der Waals surface area contributed by atoms with Crippen LogP contribution < -0.4 is 15.4 Å². The van der Waals surface area contributed by atoms with Crippen molar-refractivity contribution in [3.63, 3.8) is 0 Å². The largest absolute Gasteiger partial charge is 0.494 e. The van der Waals surface area contributed by atoms with Gasteiger partial charge in [-0.1, -0.05) is 17.7 Å². The van der Waals surface area contributed by atoms with Gasteiger partial charge in [0.05, 0.1) is 22.8 Å². The lowest BCUT2D eigenvalue weighted by atomic mass is 9.95. The third-order valence-electron chi connectivity index (χ3n) is 7.68. The molecule has 43 heavy (non-hydrogen) atoms. The Morgan fingerprint density at radius 1 is 1.07 bits per heavy atom. The van der Waals surface area contributed by atoms with Gasteiger partial charge in [-0.05, 0) is 125 Å². The zero-order valence-electron chi connectivity index (χ0n) is 24.7. The van der Waals surface area contributed by atoms with Gasteiger partial charge in [-0.2, -0.15) is 0 Å². The number of aliphatic imine (C=N–C) groups is 1. The van der Waals surface area contributed by atoms with Crippen molar-refractivity contribution in [3.8, 4) is 10.8 Å². The molecule has 0 saturated carbocycles. The maximum atomic E-state index is 13.8. The number of rotatable bonds is 7. The van der Waals surface area contributed by atoms with Crippen LogP contribution >= 0.6 is 23.1 Å². The van der Waals surface area contributed by atoms with Gasteiger partial charge in [-0.3, -0.25) is 9.59 Å². The molecule has 0 radical (unpaired) electrons. The van der Waals surface area contributed by atoms with Crippen LogP contribution in [0.25, 0.3) is 11.1 Å². The van der Waals surface area contributed by atoms with Crippen molar-refractivity contribution in [3.05, 3.63) is 98.0 Å². The third kappa shape index (κ3) is 6.05. The Bertz CT molecular complexity index is 1760. The van der Waals surface area contributed by atoms with Crippen molar-refractivity contribution >= 4 is 57.5 Å². The Labute approximate surface area is 260 Å². The first-order valence-electron chi connectivity index (χ1n) is 14.5. The highest BCUT2D eigenvalue weighted by Crippen LogP contribution is 2.40. The number of carbonyl (C=O) groups excluding carboxylic acids is 2. The van der Waals surface area contributed by atoms with Gasteiger partial charge in [0.2, 0.25) is 0 Å². The molecule has 2 aliphatic rings. The van der Waals surface area contributed by atoms with Crippen LogP contribution in [0.2, 0.25) is 0 Å². The first-order valence-corrected chi connectivity index (χ1v) is 16.2. The van der Waals surface area contributed by atoms with Crippen LogP contribution in [0.15, 0.2) is 64.5 Å². The fourth-order valence-corrected chi connectivity index (χ4v) is 7.87. The molecule has 1 aliphatic carbocycles. The van der Waals surface area contributed by atoms with Crippen molar-refractivity contribution in [1.82, 2.24) is 9.88 Å². The Hall–Kier alpha value is -4.08. The molecule has 7 nitrogen and oxygen atoms in total. The van der Waals surface area contributed by atoms with E-state index in [-0.39, 0.29) is 11.8 Å². The summed E-state index contributed by atoms with van der Waals surface area (Å²) in [7, 11) is 0. The van der Waals surface area contributed by atoms with E-state index >= 15 is 0 Å². The van der Waals surface area contributed by atoms with Gasteiger partial charge in [0, 0.05) is 22.0 Å². The van der Waals surface area contributed by atoms with Crippen LogP contribution in [0.4, 0.5) is 11.4 Å². The number of carbonyl (C=O) groups is 2. The molecule has 3 heterocycles. The maximum absolute atomic E-state index is 13.8. The van der Waals surface area contributed by atoms with E-state index in [1.54, 1.807) is 11.3 Å². The number of benzene rings is 2. The maximum Gasteiger partial charge on any atom is 0.264 e. The number of hydrogen-bond acceptors (Lipinski definition) is 6. The lowest BCUT2D eigenvalue weighted by molar-refractivity contribution is -0.115. The number of hydrogen-bond donors (Lipinski definition) is 2. The van der Waals surface area contributed by atoms with Gasteiger partial charge in [-0.15, -0.1) is 11.3 Å². The molecule has 1 saturated heterocycles. The van der Waals surface area contributed by atoms with E-state index in [0.717, 1.165) is 75.9 Å². The molecule has 1 aliphatic heterocycles. The molecule has 0 bridgehead atoms. The van der Waals surface area contributed by atoms with Crippen molar-refractivity contribution in [2.24, 2.45) is 4.99 Å². The molecular formula is C34H34N4O3S2. The van der Waals surface area contributed by atoms with Crippen LogP contribution in [0.3, 0.4) is 0 Å². The first-order chi connectivity index (χ1) is 20.8. The highest BCUT2D eigenvalue weighted by atomic mass is 32.2. The number of aromatic nitrogens is 1. The Morgan fingerprint density at radius 3 is 2.56 bits per heavy atom. The molecule has 2 N–H and O–H groups in total. The number of fused-ring (bicyclic) bond motifs is 1. The SMILES string of the molecule is CCOc1ccc(N=C2NC(=O)/C(=C/c3cc(C)n(-c4sc5c(c4C(=O)Nc4ccc(C)cc4)CCCC5)c3C)S2)cc1. The second-order valence-electron chi connectivity index (χ2n) is 10.8. The summed E-state index contributed by atoms with van der Waals surface area (Å²) in [5.74, 6) is 0.531. The number of anilines is 1. The van der Waals surface area contributed by atoms with E-state index in [1.165, 1.54) is 22.2 Å². The van der Waals surface area contributed by atoms with E-state index in [2.05, 4.69) is 33.2 Å². The predicted octanol–water partition coefficient (Wildman–Crippen LogP) is 7.89. The van der Waals surface area contributed by atoms with Crippen molar-refractivity contribution in [1.29, 1.82) is 0 Å². The number of ether oxygens (including phenoxy) is 1. The van der Waals surface area contributed by atoms with Crippen molar-refractivity contribution in [2.45, 2.75) is 53.4 Å². The Balaban J connectivity index is 1.31. The fraction of sp³-hybridized carbons (Fsp3) is 0.265. The molecule has 0 spiro atoms. The number of nitrogens with one attached hydrogen (secondary N) is 2. The number of amidine groups is 1. The summed E-state index contributed by atoms with van der Waals surface area (Å²) in [6.07, 6.45) is 6.04. The van der Waals surface area contributed by atoms with Gasteiger partial charge in [0.15, 0.2) is 5.17 Å². The molecule has 6 rings (SSSR count). The van der Waals surface area contributed by atoms with Crippen molar-refractivity contribution in [2.75, 3.05) is 11.9 Å². The molecular weight excluding hydrogens is 577 g/mol. The van der Waals surface area contributed by atoms with Crippen molar-refractivity contribution < 1.29 is 14.3 Å². The zero-order valence-corrected chi connectivity index (χ0v) is 26.4. The number of amides is 2. The minimum Gasteiger partial charge on any atom is -0.494 e. The van der Waals surface area contributed by atoms with Crippen LogP contribution in [-0.4, -0.2) is 28.2 Å². The zero-order chi connectivity index (χ0) is 30.1. The summed E-state index contributed by atoms with van der Waals surface area (Å²) >= 11 is 3.04. The molecule has 9 heteroatoms. The van der Waals surface area contributed by atoms with Gasteiger partial charge >= 0.3 is 0 Å². The van der Waals surface area contributed by atoms with E-state index in [9.17, 15) is 9.59 Å². The predicted molar refractivity (Wildman–Crippen MR) is 177 cm³/mol. The minimum atomic E-state index is -0.177. The molecule has 220 valence electrons. The Kier molecular flexibility index (Phi) is 8.27. The summed E-state index contributed by atoms with van der Waals surface area (Å²) in [6.45, 7) is 8.68. The highest BCUT2D eigenvalue weighted by molar-refractivity contribution is 8.18. The molecule has 0 atom stereocenters.